The first kappa shape index (κ1) is 19.8. The van der Waals surface area contributed by atoms with Gasteiger partial charge in [-0.2, -0.15) is 13.2 Å². The molecule has 1 N–H and O–H groups in total. The normalized spacial score (nSPS) is 11.1. The first-order valence-electron chi connectivity index (χ1n) is 7.68. The number of nitrogens with one attached hydrogen (secondary N) is 1. The van der Waals surface area contributed by atoms with Gasteiger partial charge in [-0.15, -0.1) is 0 Å². The van der Waals surface area contributed by atoms with Crippen LogP contribution in [0.5, 0.6) is 0 Å². The molecule has 8 heteroatoms. The molecule has 0 aliphatic carbocycles. The monoisotopic (exact) mass is 384 g/mol. The van der Waals surface area contributed by atoms with Crippen LogP contribution in [-0.2, 0) is 15.8 Å². The Hall–Kier alpha value is -2.54. The van der Waals surface area contributed by atoms with Crippen LogP contribution in [0.15, 0.2) is 48.5 Å². The highest BCUT2D eigenvalue weighted by Crippen LogP contribution is 2.34. The summed E-state index contributed by atoms with van der Waals surface area (Å²) < 4.78 is 38.9. The van der Waals surface area contributed by atoms with Crippen molar-refractivity contribution in [1.29, 1.82) is 0 Å². The van der Waals surface area contributed by atoms with Crippen molar-refractivity contribution < 1.29 is 22.8 Å². The molecular weight excluding hydrogens is 369 g/mol. The minimum absolute atomic E-state index is 0.0248. The molecule has 2 aromatic carbocycles. The number of alkyl halides is 3. The highest BCUT2D eigenvalue weighted by atomic mass is 35.5. The zero-order valence-electron chi connectivity index (χ0n) is 13.8. The Kier molecular flexibility index (Phi) is 6.26. The van der Waals surface area contributed by atoms with E-state index >= 15 is 0 Å². The van der Waals surface area contributed by atoms with Crippen LogP contribution in [0.4, 0.5) is 24.5 Å². The van der Waals surface area contributed by atoms with Gasteiger partial charge < -0.3 is 10.2 Å². The summed E-state index contributed by atoms with van der Waals surface area (Å²) in [5.41, 5.74) is -0.689. The number of benzene rings is 2. The number of halogens is 4. The molecular formula is C18H16ClF3N2O2. The minimum atomic E-state index is -4.57. The average molecular weight is 385 g/mol. The summed E-state index contributed by atoms with van der Waals surface area (Å²) in [6, 6.07) is 11.2. The van der Waals surface area contributed by atoms with Gasteiger partial charge in [-0.05, 0) is 36.4 Å². The number of para-hydroxylation sites is 1. The van der Waals surface area contributed by atoms with Gasteiger partial charge in [0.25, 0.3) is 0 Å². The number of carbonyl (C=O) groups excluding carboxylic acids is 2. The van der Waals surface area contributed by atoms with Crippen molar-refractivity contribution >= 4 is 34.8 Å². The fourth-order valence-corrected chi connectivity index (χ4v) is 2.48. The van der Waals surface area contributed by atoms with Gasteiger partial charge in [0.2, 0.25) is 11.8 Å². The van der Waals surface area contributed by atoms with Crippen molar-refractivity contribution in [2.45, 2.75) is 19.5 Å². The molecule has 138 valence electrons. The average Bonchev–Trinajstić information content (AvgIpc) is 2.56. The van der Waals surface area contributed by atoms with Gasteiger partial charge in [-0.3, -0.25) is 9.59 Å². The Morgan fingerprint density at radius 2 is 1.69 bits per heavy atom. The molecule has 0 atom stereocenters. The predicted molar refractivity (Wildman–Crippen MR) is 94.2 cm³/mol. The van der Waals surface area contributed by atoms with Gasteiger partial charge in [0.05, 0.1) is 11.3 Å². The van der Waals surface area contributed by atoms with Crippen LogP contribution in [0, 0.1) is 0 Å². The maximum Gasteiger partial charge on any atom is 0.418 e. The number of amides is 2. The van der Waals surface area contributed by atoms with Crippen molar-refractivity contribution in [1.82, 2.24) is 0 Å². The molecule has 2 aromatic rings. The highest BCUT2D eigenvalue weighted by molar-refractivity contribution is 6.30. The Morgan fingerprint density at radius 1 is 1.08 bits per heavy atom. The fourth-order valence-electron chi connectivity index (χ4n) is 2.35. The van der Waals surface area contributed by atoms with Crippen LogP contribution < -0.4 is 10.2 Å². The largest absolute Gasteiger partial charge is 0.418 e. The first-order chi connectivity index (χ1) is 12.2. The van der Waals surface area contributed by atoms with Gasteiger partial charge in [-0.1, -0.05) is 23.7 Å². The van der Waals surface area contributed by atoms with Crippen LogP contribution in [0.25, 0.3) is 0 Å². The van der Waals surface area contributed by atoms with E-state index in [4.69, 9.17) is 11.6 Å². The van der Waals surface area contributed by atoms with Crippen LogP contribution in [-0.4, -0.2) is 18.4 Å². The van der Waals surface area contributed by atoms with E-state index in [0.717, 1.165) is 6.07 Å². The lowest BCUT2D eigenvalue weighted by molar-refractivity contribution is -0.137. The smallest absolute Gasteiger partial charge is 0.325 e. The quantitative estimate of drug-likeness (QED) is 0.809. The van der Waals surface area contributed by atoms with Crippen LogP contribution in [0.1, 0.15) is 18.9 Å². The van der Waals surface area contributed by atoms with Gasteiger partial charge in [0.15, 0.2) is 0 Å². The number of nitrogens with zero attached hydrogens (tertiary/aromatic N) is 1. The topological polar surface area (TPSA) is 49.4 Å². The fraction of sp³-hybridized carbons (Fsp3) is 0.222. The lowest BCUT2D eigenvalue weighted by Crippen LogP contribution is -2.32. The molecule has 0 aliphatic rings. The Bertz CT molecular complexity index is 792. The lowest BCUT2D eigenvalue weighted by atomic mass is 10.1. The summed E-state index contributed by atoms with van der Waals surface area (Å²) in [7, 11) is 0. The van der Waals surface area contributed by atoms with Crippen LogP contribution in [0.3, 0.4) is 0 Å². The molecule has 0 unspecified atom stereocenters. The van der Waals surface area contributed by atoms with E-state index in [2.05, 4.69) is 5.32 Å². The molecule has 0 aliphatic heterocycles. The number of anilines is 2. The number of rotatable bonds is 5. The van der Waals surface area contributed by atoms with E-state index in [-0.39, 0.29) is 24.6 Å². The van der Waals surface area contributed by atoms with E-state index in [1.54, 1.807) is 24.3 Å². The number of hydrogen-bond donors (Lipinski definition) is 1. The lowest BCUT2D eigenvalue weighted by Gasteiger charge is -2.21. The molecule has 4 nitrogen and oxygen atoms in total. The van der Waals surface area contributed by atoms with E-state index < -0.39 is 17.6 Å². The SMILES string of the molecule is CC(=O)N(CCC(=O)Nc1ccccc1C(F)(F)F)c1ccc(Cl)cc1. The van der Waals surface area contributed by atoms with Crippen molar-refractivity contribution in [2.24, 2.45) is 0 Å². The summed E-state index contributed by atoms with van der Waals surface area (Å²) in [6.07, 6.45) is -4.73. The zero-order chi connectivity index (χ0) is 19.3. The summed E-state index contributed by atoms with van der Waals surface area (Å²) in [5, 5.41) is 2.75. The molecule has 2 amide bonds. The maximum atomic E-state index is 13.0. The van der Waals surface area contributed by atoms with E-state index in [0.29, 0.717) is 10.7 Å². The summed E-state index contributed by atoms with van der Waals surface area (Å²) in [4.78, 5) is 25.2. The van der Waals surface area contributed by atoms with Crippen LogP contribution in [0.2, 0.25) is 5.02 Å². The molecule has 0 radical (unpaired) electrons. The molecule has 0 bridgehead atoms. The van der Waals surface area contributed by atoms with Gasteiger partial charge in [-0.25, -0.2) is 0 Å². The summed E-state index contributed by atoms with van der Waals surface area (Å²) >= 11 is 5.81. The Morgan fingerprint density at radius 3 is 2.27 bits per heavy atom. The van der Waals surface area contributed by atoms with E-state index in [9.17, 15) is 22.8 Å². The highest BCUT2D eigenvalue weighted by Gasteiger charge is 2.33. The predicted octanol–water partition coefficient (Wildman–Crippen LogP) is 4.74. The maximum absolute atomic E-state index is 13.0. The Labute approximate surface area is 153 Å². The molecule has 0 heterocycles. The van der Waals surface area contributed by atoms with Crippen molar-refractivity contribution in [3.8, 4) is 0 Å². The summed E-state index contributed by atoms with van der Waals surface area (Å²) in [5.74, 6) is -0.919. The molecule has 26 heavy (non-hydrogen) atoms. The second kappa shape index (κ2) is 8.23. The van der Waals surface area contributed by atoms with Crippen molar-refractivity contribution in [3.05, 3.63) is 59.1 Å². The Balaban J connectivity index is 2.06. The minimum Gasteiger partial charge on any atom is -0.325 e. The molecule has 0 spiro atoms. The third-order valence-corrected chi connectivity index (χ3v) is 3.84. The third-order valence-electron chi connectivity index (χ3n) is 3.59. The number of carbonyl (C=O) groups is 2. The molecule has 0 aromatic heterocycles. The second-order valence-corrected chi connectivity index (χ2v) is 5.93. The second-order valence-electron chi connectivity index (χ2n) is 5.49. The first-order valence-corrected chi connectivity index (χ1v) is 8.06. The van der Waals surface area contributed by atoms with Gasteiger partial charge >= 0.3 is 6.18 Å². The van der Waals surface area contributed by atoms with Gasteiger partial charge in [0, 0.05) is 30.6 Å². The van der Waals surface area contributed by atoms with E-state index in [1.165, 1.54) is 30.0 Å². The van der Waals surface area contributed by atoms with Crippen molar-refractivity contribution in [2.75, 3.05) is 16.8 Å². The van der Waals surface area contributed by atoms with Crippen LogP contribution >= 0.6 is 11.6 Å². The molecule has 0 fully saturated rings. The molecule has 0 saturated carbocycles. The summed E-state index contributed by atoms with van der Waals surface area (Å²) in [6.45, 7) is 1.36. The zero-order valence-corrected chi connectivity index (χ0v) is 14.6. The standard InChI is InChI=1S/C18H16ClF3N2O2/c1-12(25)24(14-8-6-13(19)7-9-14)11-10-17(26)23-16-5-3-2-4-15(16)18(20,21)22/h2-9H,10-11H2,1H3,(H,23,26). The van der Waals surface area contributed by atoms with Gasteiger partial charge in [0.1, 0.15) is 0 Å². The van der Waals surface area contributed by atoms with E-state index in [1.807, 2.05) is 0 Å². The van der Waals surface area contributed by atoms with Crippen molar-refractivity contribution in [3.63, 3.8) is 0 Å². The number of hydrogen-bond acceptors (Lipinski definition) is 2. The third kappa shape index (κ3) is 5.23. The molecule has 0 saturated heterocycles. The molecule has 2 rings (SSSR count).